The standard InChI is InChI=1S/C19H21N3O4S/c1-11(2)8-20-18(24)12(3)25-15(23)9-27-19-17-16(21-10-22-19)13-6-4-5-7-14(13)26-17/h4-7,10-12H,8-9H2,1-3H3,(H,20,24)/t12-/m1/s1. The fourth-order valence-electron chi connectivity index (χ4n) is 2.47. The average molecular weight is 387 g/mol. The minimum absolute atomic E-state index is 0.0188. The van der Waals surface area contributed by atoms with Crippen molar-refractivity contribution in [1.82, 2.24) is 15.3 Å². The van der Waals surface area contributed by atoms with Gasteiger partial charge in [0.1, 0.15) is 22.5 Å². The molecular weight excluding hydrogens is 366 g/mol. The molecule has 27 heavy (non-hydrogen) atoms. The van der Waals surface area contributed by atoms with Crippen molar-refractivity contribution in [2.45, 2.75) is 31.9 Å². The first kappa shape index (κ1) is 19.2. The van der Waals surface area contributed by atoms with Gasteiger partial charge in [-0.25, -0.2) is 9.97 Å². The molecule has 1 aromatic carbocycles. The third-order valence-corrected chi connectivity index (χ3v) is 4.76. The van der Waals surface area contributed by atoms with Crippen LogP contribution in [0.25, 0.3) is 22.1 Å². The Bertz CT molecular complexity index is 970. The number of nitrogens with one attached hydrogen (secondary N) is 1. The monoisotopic (exact) mass is 387 g/mol. The summed E-state index contributed by atoms with van der Waals surface area (Å²) in [6.45, 7) is 6.09. The summed E-state index contributed by atoms with van der Waals surface area (Å²) in [6.07, 6.45) is 0.605. The van der Waals surface area contributed by atoms with E-state index in [2.05, 4.69) is 15.3 Å². The molecule has 2 heterocycles. The lowest BCUT2D eigenvalue weighted by molar-refractivity contribution is -0.152. The van der Waals surface area contributed by atoms with Gasteiger partial charge in [-0.15, -0.1) is 0 Å². The normalized spacial score (nSPS) is 12.4. The first-order chi connectivity index (χ1) is 13.0. The Kier molecular flexibility index (Phi) is 5.95. The molecule has 0 aliphatic rings. The second kappa shape index (κ2) is 8.39. The van der Waals surface area contributed by atoms with Gasteiger partial charge >= 0.3 is 5.97 Å². The number of hydrogen-bond donors (Lipinski definition) is 1. The highest BCUT2D eigenvalue weighted by atomic mass is 32.2. The summed E-state index contributed by atoms with van der Waals surface area (Å²) in [7, 11) is 0. The SMILES string of the molecule is CC(C)CNC(=O)[C@@H](C)OC(=O)CSc1ncnc2c1oc1ccccc12. The molecule has 0 saturated heterocycles. The highest BCUT2D eigenvalue weighted by Crippen LogP contribution is 2.32. The lowest BCUT2D eigenvalue weighted by Crippen LogP contribution is -2.37. The smallest absolute Gasteiger partial charge is 0.317 e. The molecule has 0 unspecified atom stereocenters. The van der Waals surface area contributed by atoms with Gasteiger partial charge in [0, 0.05) is 11.9 Å². The van der Waals surface area contributed by atoms with E-state index in [-0.39, 0.29) is 11.7 Å². The first-order valence-corrected chi connectivity index (χ1v) is 9.66. The highest BCUT2D eigenvalue weighted by molar-refractivity contribution is 8.00. The minimum atomic E-state index is -0.839. The number of nitrogens with zero attached hydrogens (tertiary/aromatic N) is 2. The van der Waals surface area contributed by atoms with Crippen LogP contribution >= 0.6 is 11.8 Å². The molecule has 0 saturated carbocycles. The Morgan fingerprint density at radius 3 is 2.78 bits per heavy atom. The molecule has 7 nitrogen and oxygen atoms in total. The van der Waals surface area contributed by atoms with Crippen LogP contribution in [-0.2, 0) is 14.3 Å². The molecule has 1 N–H and O–H groups in total. The number of amides is 1. The van der Waals surface area contributed by atoms with E-state index in [1.807, 2.05) is 38.1 Å². The van der Waals surface area contributed by atoms with E-state index in [0.29, 0.717) is 34.2 Å². The maximum absolute atomic E-state index is 12.1. The van der Waals surface area contributed by atoms with Crippen LogP contribution in [0, 0.1) is 5.92 Å². The molecule has 3 rings (SSSR count). The Hall–Kier alpha value is -2.61. The van der Waals surface area contributed by atoms with Crippen LogP contribution in [0.5, 0.6) is 0 Å². The van der Waals surface area contributed by atoms with Crippen molar-refractivity contribution in [3.05, 3.63) is 30.6 Å². The van der Waals surface area contributed by atoms with Gasteiger partial charge in [-0.3, -0.25) is 9.59 Å². The van der Waals surface area contributed by atoms with Gasteiger partial charge in [0.25, 0.3) is 5.91 Å². The number of para-hydroxylation sites is 1. The van der Waals surface area contributed by atoms with Gasteiger partial charge in [-0.05, 0) is 25.0 Å². The number of aromatic nitrogens is 2. The predicted octanol–water partition coefficient (Wildman–Crippen LogP) is 3.17. The number of rotatable bonds is 7. The summed E-state index contributed by atoms with van der Waals surface area (Å²) in [5.74, 6) is -0.444. The second-order valence-corrected chi connectivity index (χ2v) is 7.48. The molecule has 0 spiro atoms. The number of furan rings is 1. The Labute approximate surface area is 160 Å². The van der Waals surface area contributed by atoms with Crippen LogP contribution in [0.1, 0.15) is 20.8 Å². The first-order valence-electron chi connectivity index (χ1n) is 8.68. The second-order valence-electron chi connectivity index (χ2n) is 6.51. The molecular formula is C19H21N3O4S. The summed E-state index contributed by atoms with van der Waals surface area (Å²) >= 11 is 1.19. The van der Waals surface area contributed by atoms with Crippen molar-refractivity contribution >= 4 is 45.7 Å². The molecule has 142 valence electrons. The molecule has 1 atom stereocenters. The van der Waals surface area contributed by atoms with Crippen LogP contribution in [0.2, 0.25) is 0 Å². The number of carbonyl (C=O) groups excluding carboxylic acids is 2. The number of fused-ring (bicyclic) bond motifs is 3. The maximum Gasteiger partial charge on any atom is 0.317 e. The van der Waals surface area contributed by atoms with E-state index in [1.54, 1.807) is 6.92 Å². The molecule has 0 radical (unpaired) electrons. The fourth-order valence-corrected chi connectivity index (χ4v) is 3.18. The number of hydrogen-bond acceptors (Lipinski definition) is 7. The molecule has 8 heteroatoms. The van der Waals surface area contributed by atoms with Crippen molar-refractivity contribution in [3.8, 4) is 0 Å². The highest BCUT2D eigenvalue weighted by Gasteiger charge is 2.19. The van der Waals surface area contributed by atoms with Crippen LogP contribution in [0.15, 0.2) is 40.0 Å². The van der Waals surface area contributed by atoms with Crippen molar-refractivity contribution in [1.29, 1.82) is 0 Å². The van der Waals surface area contributed by atoms with E-state index in [9.17, 15) is 9.59 Å². The molecule has 1 amide bonds. The van der Waals surface area contributed by atoms with E-state index >= 15 is 0 Å². The Morgan fingerprint density at radius 1 is 1.22 bits per heavy atom. The summed E-state index contributed by atoms with van der Waals surface area (Å²) in [6, 6.07) is 7.58. The van der Waals surface area contributed by atoms with Crippen LogP contribution < -0.4 is 5.32 Å². The quantitative estimate of drug-likeness (QED) is 0.378. The van der Waals surface area contributed by atoms with E-state index in [4.69, 9.17) is 9.15 Å². The number of benzene rings is 1. The van der Waals surface area contributed by atoms with Crippen LogP contribution in [0.4, 0.5) is 0 Å². The molecule has 3 aromatic rings. The summed E-state index contributed by atoms with van der Waals surface area (Å²) in [4.78, 5) is 32.5. The van der Waals surface area contributed by atoms with Crippen LogP contribution in [0.3, 0.4) is 0 Å². The number of ether oxygens (including phenoxy) is 1. The van der Waals surface area contributed by atoms with Crippen molar-refractivity contribution < 1.29 is 18.7 Å². The van der Waals surface area contributed by atoms with Gasteiger partial charge in [0.2, 0.25) is 0 Å². The minimum Gasteiger partial charge on any atom is -0.452 e. The fraction of sp³-hybridized carbons (Fsp3) is 0.368. The van der Waals surface area contributed by atoms with Gasteiger partial charge in [-0.2, -0.15) is 0 Å². The Balaban J connectivity index is 1.63. The number of carbonyl (C=O) groups is 2. The molecule has 0 bridgehead atoms. The molecule has 0 fully saturated rings. The van der Waals surface area contributed by atoms with Gasteiger partial charge < -0.3 is 14.5 Å². The molecule has 0 aliphatic heterocycles. The topological polar surface area (TPSA) is 94.3 Å². The Morgan fingerprint density at radius 2 is 2.00 bits per heavy atom. The summed E-state index contributed by atoms with van der Waals surface area (Å²) < 4.78 is 11.0. The zero-order valence-corrected chi connectivity index (χ0v) is 16.2. The maximum atomic E-state index is 12.1. The van der Waals surface area contributed by atoms with E-state index in [0.717, 1.165) is 5.39 Å². The van der Waals surface area contributed by atoms with Gasteiger partial charge in [0.15, 0.2) is 11.7 Å². The third-order valence-electron chi connectivity index (χ3n) is 3.81. The number of esters is 1. The predicted molar refractivity (Wildman–Crippen MR) is 103 cm³/mol. The summed E-state index contributed by atoms with van der Waals surface area (Å²) in [5.41, 5.74) is 1.96. The third kappa shape index (κ3) is 4.57. The van der Waals surface area contributed by atoms with E-state index < -0.39 is 12.1 Å². The number of thioether (sulfide) groups is 1. The van der Waals surface area contributed by atoms with Gasteiger partial charge in [0.05, 0.1) is 5.75 Å². The van der Waals surface area contributed by atoms with Crippen molar-refractivity contribution in [2.24, 2.45) is 5.92 Å². The lowest BCUT2D eigenvalue weighted by Gasteiger charge is -2.14. The van der Waals surface area contributed by atoms with Crippen molar-refractivity contribution in [3.63, 3.8) is 0 Å². The zero-order valence-electron chi connectivity index (χ0n) is 15.4. The summed E-state index contributed by atoms with van der Waals surface area (Å²) in [5, 5.41) is 4.20. The van der Waals surface area contributed by atoms with E-state index in [1.165, 1.54) is 18.1 Å². The van der Waals surface area contributed by atoms with Crippen molar-refractivity contribution in [2.75, 3.05) is 12.3 Å². The zero-order chi connectivity index (χ0) is 19.4. The van der Waals surface area contributed by atoms with Gasteiger partial charge in [-0.1, -0.05) is 37.7 Å². The average Bonchev–Trinajstić information content (AvgIpc) is 3.03. The molecule has 0 aliphatic carbocycles. The molecule has 2 aromatic heterocycles. The lowest BCUT2D eigenvalue weighted by atomic mass is 10.2. The largest absolute Gasteiger partial charge is 0.452 e. The van der Waals surface area contributed by atoms with Crippen LogP contribution in [-0.4, -0.2) is 40.2 Å².